The summed E-state index contributed by atoms with van der Waals surface area (Å²) in [4.78, 5) is 11.5. The van der Waals surface area contributed by atoms with Crippen LogP contribution in [0.4, 0.5) is 0 Å². The van der Waals surface area contributed by atoms with Crippen molar-refractivity contribution < 1.29 is 9.53 Å². The molecule has 0 aromatic rings. The summed E-state index contributed by atoms with van der Waals surface area (Å²) in [6.07, 6.45) is 19.0. The molecule has 0 saturated heterocycles. The average Bonchev–Trinajstić information content (AvgIpc) is 2.54. The van der Waals surface area contributed by atoms with Crippen molar-refractivity contribution in [2.24, 2.45) is 5.92 Å². The average molecular weight is 341 g/mol. The normalized spacial score (nSPS) is 12.5. The summed E-state index contributed by atoms with van der Waals surface area (Å²) >= 11 is 0. The molecule has 0 aromatic carbocycles. The Morgan fingerprint density at radius 3 is 1.54 bits per heavy atom. The molecule has 2 heteroatoms. The first kappa shape index (κ1) is 23.5. The van der Waals surface area contributed by atoms with Crippen LogP contribution in [0, 0.1) is 5.92 Å². The Bertz CT molecular complexity index is 273. The van der Waals surface area contributed by atoms with Gasteiger partial charge in [0.1, 0.15) is 0 Å². The fourth-order valence-electron chi connectivity index (χ4n) is 2.96. The maximum absolute atomic E-state index is 11.5. The van der Waals surface area contributed by atoms with Crippen molar-refractivity contribution in [1.29, 1.82) is 0 Å². The van der Waals surface area contributed by atoms with Crippen molar-refractivity contribution in [3.63, 3.8) is 0 Å². The highest BCUT2D eigenvalue weighted by Crippen LogP contribution is 2.14. The van der Waals surface area contributed by atoms with Crippen molar-refractivity contribution in [2.45, 2.75) is 130 Å². The Balaban J connectivity index is 3.14. The van der Waals surface area contributed by atoms with Gasteiger partial charge in [-0.25, -0.2) is 0 Å². The first-order valence-corrected chi connectivity index (χ1v) is 10.8. The smallest absolute Gasteiger partial charge is 0.306 e. The second kappa shape index (κ2) is 17.3. The molecule has 0 fully saturated rings. The van der Waals surface area contributed by atoms with Crippen LogP contribution in [0.5, 0.6) is 0 Å². The molecule has 0 aliphatic heterocycles. The molecule has 1 atom stereocenters. The summed E-state index contributed by atoms with van der Waals surface area (Å²) in [5, 5.41) is 0. The van der Waals surface area contributed by atoms with E-state index in [1.165, 1.54) is 77.0 Å². The fourth-order valence-corrected chi connectivity index (χ4v) is 2.96. The van der Waals surface area contributed by atoms with Gasteiger partial charge >= 0.3 is 5.97 Å². The molecular formula is C22H44O2. The molecule has 0 aromatic heterocycles. The van der Waals surface area contributed by atoms with E-state index in [-0.39, 0.29) is 12.1 Å². The van der Waals surface area contributed by atoms with E-state index in [9.17, 15) is 4.79 Å². The lowest BCUT2D eigenvalue weighted by Crippen LogP contribution is -2.13. The second-order valence-electron chi connectivity index (χ2n) is 7.88. The summed E-state index contributed by atoms with van der Waals surface area (Å²) in [6, 6.07) is 0. The highest BCUT2D eigenvalue weighted by atomic mass is 16.5. The van der Waals surface area contributed by atoms with Gasteiger partial charge in [-0.05, 0) is 25.7 Å². The van der Waals surface area contributed by atoms with E-state index >= 15 is 0 Å². The van der Waals surface area contributed by atoms with E-state index in [4.69, 9.17) is 4.74 Å². The fraction of sp³-hybridized carbons (Fsp3) is 0.955. The summed E-state index contributed by atoms with van der Waals surface area (Å²) < 4.78 is 5.28. The number of ether oxygens (including phenoxy) is 1. The molecule has 0 bridgehead atoms. The third kappa shape index (κ3) is 17.8. The molecule has 0 aliphatic carbocycles. The Kier molecular flexibility index (Phi) is 16.9. The van der Waals surface area contributed by atoms with Crippen LogP contribution in [0.2, 0.25) is 0 Å². The van der Waals surface area contributed by atoms with Gasteiger partial charge in [0.05, 0.1) is 6.10 Å². The van der Waals surface area contributed by atoms with Crippen LogP contribution < -0.4 is 0 Å². The van der Waals surface area contributed by atoms with Crippen LogP contribution in [0.1, 0.15) is 124 Å². The summed E-state index contributed by atoms with van der Waals surface area (Å²) in [5.41, 5.74) is 0. The number of rotatable bonds is 17. The molecule has 24 heavy (non-hydrogen) atoms. The van der Waals surface area contributed by atoms with Gasteiger partial charge in [0.2, 0.25) is 0 Å². The molecule has 0 radical (unpaired) electrons. The van der Waals surface area contributed by atoms with E-state index < -0.39 is 0 Å². The third-order valence-corrected chi connectivity index (χ3v) is 4.82. The predicted molar refractivity (Wildman–Crippen MR) is 105 cm³/mol. The van der Waals surface area contributed by atoms with E-state index in [1.807, 2.05) is 13.8 Å². The molecule has 144 valence electrons. The van der Waals surface area contributed by atoms with Gasteiger partial charge in [0.25, 0.3) is 0 Å². The van der Waals surface area contributed by atoms with Gasteiger partial charge in [-0.1, -0.05) is 97.8 Å². The summed E-state index contributed by atoms with van der Waals surface area (Å²) in [5.74, 6) is 0.855. The van der Waals surface area contributed by atoms with Crippen molar-refractivity contribution in [3.05, 3.63) is 0 Å². The Labute approximate surface area is 152 Å². The van der Waals surface area contributed by atoms with Gasteiger partial charge in [-0.2, -0.15) is 0 Å². The number of hydrogen-bond acceptors (Lipinski definition) is 2. The van der Waals surface area contributed by atoms with E-state index in [2.05, 4.69) is 13.8 Å². The molecule has 0 N–H and O–H groups in total. The van der Waals surface area contributed by atoms with Crippen molar-refractivity contribution in [2.75, 3.05) is 0 Å². The number of unbranched alkanes of at least 4 members (excludes halogenated alkanes) is 11. The molecule has 0 amide bonds. The molecule has 0 rings (SSSR count). The van der Waals surface area contributed by atoms with Crippen molar-refractivity contribution in [3.8, 4) is 0 Å². The molecule has 0 heterocycles. The van der Waals surface area contributed by atoms with Crippen LogP contribution in [-0.2, 0) is 9.53 Å². The summed E-state index contributed by atoms with van der Waals surface area (Å²) in [7, 11) is 0. The largest absolute Gasteiger partial charge is 0.463 e. The highest BCUT2D eigenvalue weighted by Gasteiger charge is 2.06. The number of carbonyl (C=O) groups is 1. The molecule has 2 nitrogen and oxygen atoms in total. The van der Waals surface area contributed by atoms with Gasteiger partial charge < -0.3 is 4.74 Å². The topological polar surface area (TPSA) is 26.3 Å². The zero-order chi connectivity index (χ0) is 18.0. The Morgan fingerprint density at radius 2 is 1.12 bits per heavy atom. The number of esters is 1. The first-order valence-electron chi connectivity index (χ1n) is 10.8. The first-order chi connectivity index (χ1) is 11.6. The minimum atomic E-state index is -0.0160. The van der Waals surface area contributed by atoms with Gasteiger partial charge in [0, 0.05) is 6.42 Å². The molecule has 0 aliphatic rings. The molecule has 1 unspecified atom stereocenters. The minimum Gasteiger partial charge on any atom is -0.463 e. The van der Waals surface area contributed by atoms with E-state index in [1.54, 1.807) is 0 Å². The van der Waals surface area contributed by atoms with E-state index in [0.29, 0.717) is 6.42 Å². The van der Waals surface area contributed by atoms with Crippen LogP contribution in [0.3, 0.4) is 0 Å². The molecular weight excluding hydrogens is 296 g/mol. The Morgan fingerprint density at radius 1 is 0.708 bits per heavy atom. The second-order valence-corrected chi connectivity index (χ2v) is 7.88. The lowest BCUT2D eigenvalue weighted by molar-refractivity contribution is -0.148. The predicted octanol–water partition coefficient (Wildman–Crippen LogP) is 7.45. The minimum absolute atomic E-state index is 0.0160. The number of hydrogen-bond donors (Lipinski definition) is 0. The van der Waals surface area contributed by atoms with Crippen molar-refractivity contribution in [1.82, 2.24) is 0 Å². The maximum atomic E-state index is 11.5. The number of carbonyl (C=O) groups excluding carboxylic acids is 1. The van der Waals surface area contributed by atoms with Gasteiger partial charge in [0.15, 0.2) is 0 Å². The van der Waals surface area contributed by atoms with Gasteiger partial charge in [-0.3, -0.25) is 4.79 Å². The monoisotopic (exact) mass is 340 g/mol. The van der Waals surface area contributed by atoms with Crippen LogP contribution >= 0.6 is 0 Å². The highest BCUT2D eigenvalue weighted by molar-refractivity contribution is 5.69. The lowest BCUT2D eigenvalue weighted by Gasteiger charge is -2.10. The zero-order valence-corrected chi connectivity index (χ0v) is 17.1. The maximum Gasteiger partial charge on any atom is 0.306 e. The Hall–Kier alpha value is -0.530. The molecule has 0 spiro atoms. The summed E-state index contributed by atoms with van der Waals surface area (Å²) in [6.45, 7) is 8.64. The molecule has 0 saturated carbocycles. The van der Waals surface area contributed by atoms with Crippen LogP contribution in [0.25, 0.3) is 0 Å². The van der Waals surface area contributed by atoms with Crippen LogP contribution in [-0.4, -0.2) is 12.1 Å². The standard InChI is InChI=1S/C22H44O2/c1-5-21(4)24-22(23)19-17-15-13-11-9-7-6-8-10-12-14-16-18-20(2)3/h20-21H,5-19H2,1-4H3. The third-order valence-electron chi connectivity index (χ3n) is 4.82. The zero-order valence-electron chi connectivity index (χ0n) is 17.1. The van der Waals surface area contributed by atoms with E-state index in [0.717, 1.165) is 18.8 Å². The van der Waals surface area contributed by atoms with Gasteiger partial charge in [-0.15, -0.1) is 0 Å². The quantitative estimate of drug-likeness (QED) is 0.203. The lowest BCUT2D eigenvalue weighted by atomic mass is 10.0. The SMILES string of the molecule is CCC(C)OC(=O)CCCCCCCCCCCCCCC(C)C. The van der Waals surface area contributed by atoms with Crippen molar-refractivity contribution >= 4 is 5.97 Å². The van der Waals surface area contributed by atoms with Crippen LogP contribution in [0.15, 0.2) is 0 Å².